The Labute approximate surface area is 190 Å². The Morgan fingerprint density at radius 2 is 2.06 bits per heavy atom. The number of carbonyl (C=O) groups is 1. The number of hydrogen-bond donors (Lipinski definition) is 0. The maximum atomic E-state index is 13.2. The number of anilines is 1. The highest BCUT2D eigenvalue weighted by molar-refractivity contribution is 7.91. The third kappa shape index (κ3) is 5.44. The number of thiazole rings is 1. The van der Waals surface area contributed by atoms with E-state index in [4.69, 9.17) is 16.3 Å². The van der Waals surface area contributed by atoms with Crippen LogP contribution in [0.3, 0.4) is 0 Å². The van der Waals surface area contributed by atoms with Crippen molar-refractivity contribution < 1.29 is 17.9 Å². The number of nitrogens with zero attached hydrogens (tertiary/aromatic N) is 2. The van der Waals surface area contributed by atoms with Gasteiger partial charge in [-0.15, -0.1) is 0 Å². The molecule has 0 aliphatic carbocycles. The van der Waals surface area contributed by atoms with Crippen molar-refractivity contribution in [3.63, 3.8) is 0 Å². The van der Waals surface area contributed by atoms with Gasteiger partial charge < -0.3 is 4.74 Å². The first kappa shape index (κ1) is 22.2. The molecule has 1 saturated heterocycles. The Kier molecular flexibility index (Phi) is 6.62. The number of fused-ring (bicyclic) bond motifs is 1. The van der Waals surface area contributed by atoms with Crippen LogP contribution in [0.4, 0.5) is 5.13 Å². The van der Waals surface area contributed by atoms with Crippen molar-refractivity contribution >= 4 is 54.0 Å². The number of carbonyl (C=O) groups excluding carboxylic acids is 1. The lowest BCUT2D eigenvalue weighted by atomic mass is 10.2. The van der Waals surface area contributed by atoms with Crippen LogP contribution in [0.2, 0.25) is 5.02 Å². The molecule has 1 aromatic heterocycles. The summed E-state index contributed by atoms with van der Waals surface area (Å²) in [7, 11) is -3.64. The molecule has 1 atom stereocenters. The molecule has 3 aromatic rings. The van der Waals surface area contributed by atoms with Gasteiger partial charge in [0.25, 0.3) is 0 Å². The lowest BCUT2D eigenvalue weighted by molar-refractivity contribution is -0.116. The smallest absolute Gasteiger partial charge is 0.244 e. The number of ether oxygens (including phenoxy) is 1. The molecule has 0 spiro atoms. The largest absolute Gasteiger partial charge is 0.376 e. The maximum absolute atomic E-state index is 13.2. The summed E-state index contributed by atoms with van der Waals surface area (Å²) in [6, 6.07) is 12.5. The maximum Gasteiger partial charge on any atom is 0.244 e. The topological polar surface area (TPSA) is 76.6 Å². The number of halogens is 1. The van der Waals surface area contributed by atoms with Gasteiger partial charge in [-0.05, 0) is 43.0 Å². The Balaban J connectivity index is 1.61. The summed E-state index contributed by atoms with van der Waals surface area (Å²) in [6.07, 6.45) is 1.63. The summed E-state index contributed by atoms with van der Waals surface area (Å²) in [5, 5.41) is 1.07. The van der Waals surface area contributed by atoms with Crippen LogP contribution in [0.1, 0.15) is 24.0 Å². The minimum absolute atomic E-state index is 0.127. The van der Waals surface area contributed by atoms with E-state index in [1.807, 2.05) is 25.1 Å². The zero-order chi connectivity index (χ0) is 22.0. The van der Waals surface area contributed by atoms with Crippen molar-refractivity contribution in [3.05, 3.63) is 58.6 Å². The highest BCUT2D eigenvalue weighted by atomic mass is 35.5. The molecule has 9 heteroatoms. The van der Waals surface area contributed by atoms with Crippen LogP contribution in [-0.4, -0.2) is 44.3 Å². The third-order valence-corrected chi connectivity index (χ3v) is 7.86. The van der Waals surface area contributed by atoms with E-state index in [1.165, 1.54) is 16.2 Å². The van der Waals surface area contributed by atoms with Crippen LogP contribution in [0.15, 0.2) is 42.5 Å². The van der Waals surface area contributed by atoms with Gasteiger partial charge in [-0.3, -0.25) is 9.69 Å². The standard InChI is InChI=1S/C22H23ClN2O4S2/c1-15-10-17(23)11-19-21(15)24-22(30-19)25(12-18-8-5-9-29-18)20(26)14-31(27,28)13-16-6-3-2-4-7-16/h2-4,6-7,10-11,18H,5,8-9,12-14H2,1H3. The van der Waals surface area contributed by atoms with Gasteiger partial charge in [-0.1, -0.05) is 53.3 Å². The quantitative estimate of drug-likeness (QED) is 0.503. The lowest BCUT2D eigenvalue weighted by Crippen LogP contribution is -2.41. The SMILES string of the molecule is Cc1cc(Cl)cc2sc(N(CC3CCCO3)C(=O)CS(=O)(=O)Cc3ccccc3)nc12. The summed E-state index contributed by atoms with van der Waals surface area (Å²) < 4.78 is 32.1. The molecule has 1 amide bonds. The molecule has 1 aliphatic rings. The third-order valence-electron chi connectivity index (χ3n) is 5.15. The summed E-state index contributed by atoms with van der Waals surface area (Å²) in [5.41, 5.74) is 2.33. The van der Waals surface area contributed by atoms with Crippen molar-refractivity contribution in [1.82, 2.24) is 4.98 Å². The number of sulfone groups is 1. The normalized spacial score (nSPS) is 16.6. The van der Waals surface area contributed by atoms with Gasteiger partial charge >= 0.3 is 0 Å². The molecule has 164 valence electrons. The van der Waals surface area contributed by atoms with E-state index in [2.05, 4.69) is 4.98 Å². The number of hydrogen-bond acceptors (Lipinski definition) is 6. The fourth-order valence-electron chi connectivity index (χ4n) is 3.68. The molecular formula is C22H23ClN2O4S2. The molecule has 6 nitrogen and oxygen atoms in total. The first-order chi connectivity index (χ1) is 14.8. The van der Waals surface area contributed by atoms with Gasteiger partial charge in [0.1, 0.15) is 5.75 Å². The molecule has 0 saturated carbocycles. The van der Waals surface area contributed by atoms with E-state index in [-0.39, 0.29) is 18.4 Å². The Bertz CT molecular complexity index is 1190. The van der Waals surface area contributed by atoms with E-state index in [0.29, 0.717) is 22.3 Å². The van der Waals surface area contributed by atoms with Crippen LogP contribution in [0.25, 0.3) is 10.2 Å². The zero-order valence-corrected chi connectivity index (χ0v) is 19.5. The van der Waals surface area contributed by atoms with Gasteiger partial charge in [-0.2, -0.15) is 0 Å². The Hall–Kier alpha value is -2.00. The van der Waals surface area contributed by atoms with Crippen molar-refractivity contribution in [1.29, 1.82) is 0 Å². The minimum atomic E-state index is -3.64. The van der Waals surface area contributed by atoms with Crippen molar-refractivity contribution in [2.75, 3.05) is 23.8 Å². The summed E-state index contributed by atoms with van der Waals surface area (Å²) >= 11 is 7.51. The van der Waals surface area contributed by atoms with Crippen molar-refractivity contribution in [2.24, 2.45) is 0 Å². The van der Waals surface area contributed by atoms with E-state index in [0.717, 1.165) is 28.6 Å². The van der Waals surface area contributed by atoms with Gasteiger partial charge in [0.15, 0.2) is 15.0 Å². The predicted octanol–water partition coefficient (Wildman–Crippen LogP) is 4.39. The first-order valence-corrected chi connectivity index (χ1v) is 13.1. The highest BCUT2D eigenvalue weighted by Crippen LogP contribution is 2.34. The second-order valence-electron chi connectivity index (χ2n) is 7.72. The van der Waals surface area contributed by atoms with Gasteiger partial charge in [0.2, 0.25) is 5.91 Å². The molecular weight excluding hydrogens is 456 g/mol. The van der Waals surface area contributed by atoms with Gasteiger partial charge in [0, 0.05) is 11.6 Å². The summed E-state index contributed by atoms with van der Waals surface area (Å²) in [5.74, 6) is -1.25. The van der Waals surface area contributed by atoms with Crippen LogP contribution >= 0.6 is 22.9 Å². The average molecular weight is 479 g/mol. The van der Waals surface area contributed by atoms with Crippen LogP contribution in [-0.2, 0) is 25.1 Å². The van der Waals surface area contributed by atoms with Crippen molar-refractivity contribution in [2.45, 2.75) is 31.6 Å². The molecule has 31 heavy (non-hydrogen) atoms. The van der Waals surface area contributed by atoms with Crippen LogP contribution in [0, 0.1) is 6.92 Å². The molecule has 0 bridgehead atoms. The zero-order valence-electron chi connectivity index (χ0n) is 17.1. The molecule has 1 aliphatic heterocycles. The predicted molar refractivity (Wildman–Crippen MR) is 125 cm³/mol. The molecule has 4 rings (SSSR count). The fourth-order valence-corrected chi connectivity index (χ4v) is 6.46. The van der Waals surface area contributed by atoms with Crippen LogP contribution < -0.4 is 4.90 Å². The molecule has 0 radical (unpaired) electrons. The molecule has 0 N–H and O–H groups in total. The monoisotopic (exact) mass is 478 g/mol. The first-order valence-electron chi connectivity index (χ1n) is 10.0. The molecule has 1 fully saturated rings. The highest BCUT2D eigenvalue weighted by Gasteiger charge is 2.29. The minimum Gasteiger partial charge on any atom is -0.376 e. The molecule has 1 unspecified atom stereocenters. The second-order valence-corrected chi connectivity index (χ2v) is 11.2. The van der Waals surface area contributed by atoms with E-state index < -0.39 is 21.5 Å². The average Bonchev–Trinajstić information content (AvgIpc) is 3.35. The van der Waals surface area contributed by atoms with E-state index >= 15 is 0 Å². The Morgan fingerprint density at radius 1 is 1.29 bits per heavy atom. The summed E-state index contributed by atoms with van der Waals surface area (Å²) in [6.45, 7) is 2.84. The number of amides is 1. The number of aryl methyl sites for hydroxylation is 1. The number of benzene rings is 2. The van der Waals surface area contributed by atoms with Crippen molar-refractivity contribution in [3.8, 4) is 0 Å². The second kappa shape index (κ2) is 9.24. The van der Waals surface area contributed by atoms with Gasteiger partial charge in [-0.25, -0.2) is 13.4 Å². The van der Waals surface area contributed by atoms with Crippen LogP contribution in [0.5, 0.6) is 0 Å². The number of rotatable bonds is 7. The lowest BCUT2D eigenvalue weighted by Gasteiger charge is -2.23. The number of aromatic nitrogens is 1. The molecule has 2 heterocycles. The summed E-state index contributed by atoms with van der Waals surface area (Å²) in [4.78, 5) is 19.3. The Morgan fingerprint density at radius 3 is 2.77 bits per heavy atom. The fraction of sp³-hybridized carbons (Fsp3) is 0.364. The molecule has 2 aromatic carbocycles. The van der Waals surface area contributed by atoms with E-state index in [9.17, 15) is 13.2 Å². The van der Waals surface area contributed by atoms with E-state index in [1.54, 1.807) is 24.3 Å². The van der Waals surface area contributed by atoms with Gasteiger partial charge in [0.05, 0.1) is 28.6 Å².